The molecule has 0 atom stereocenters. The fourth-order valence-corrected chi connectivity index (χ4v) is 11.7. The van der Waals surface area contributed by atoms with Crippen molar-refractivity contribution in [3.05, 3.63) is 252 Å². The number of hydrogen-bond donors (Lipinski definition) is 0. The van der Waals surface area contributed by atoms with E-state index in [-0.39, 0.29) is 0 Å². The van der Waals surface area contributed by atoms with E-state index < -0.39 is 0 Å². The zero-order valence-corrected chi connectivity index (χ0v) is 41.6. The molecule has 0 saturated carbocycles. The van der Waals surface area contributed by atoms with E-state index in [4.69, 9.17) is 0 Å². The second-order valence-electron chi connectivity index (χ2n) is 19.3. The van der Waals surface area contributed by atoms with Crippen molar-refractivity contribution in [2.75, 3.05) is 0 Å². The summed E-state index contributed by atoms with van der Waals surface area (Å²) in [5.74, 6) is 0. The second kappa shape index (κ2) is 19.0. The lowest BCUT2D eigenvalue weighted by Gasteiger charge is -2.19. The Hall–Kier alpha value is -7.78. The topological polar surface area (TPSA) is 4.93 Å². The number of allylic oxidation sites excluding steroid dienone is 5. The van der Waals surface area contributed by atoms with Crippen molar-refractivity contribution in [1.29, 1.82) is 0 Å². The number of hydrogen-bond acceptors (Lipinski definition) is 1. The fourth-order valence-electron chi connectivity index (χ4n) is 10.6. The highest BCUT2D eigenvalue weighted by atomic mass is 32.1. The predicted octanol–water partition coefficient (Wildman–Crippen LogP) is 19.8. The van der Waals surface area contributed by atoms with Crippen molar-refractivity contribution in [2.45, 2.75) is 53.9 Å². The van der Waals surface area contributed by atoms with Crippen LogP contribution in [0.15, 0.2) is 213 Å². The van der Waals surface area contributed by atoms with Crippen LogP contribution in [0.5, 0.6) is 0 Å². The predicted molar refractivity (Wildman–Crippen MR) is 306 cm³/mol. The van der Waals surface area contributed by atoms with E-state index in [9.17, 15) is 0 Å². The van der Waals surface area contributed by atoms with Gasteiger partial charge in [0, 0.05) is 36.5 Å². The molecule has 0 radical (unpaired) electrons. The molecule has 0 aliphatic heterocycles. The molecule has 0 spiro atoms. The summed E-state index contributed by atoms with van der Waals surface area (Å²) in [5.41, 5.74) is 23.3. The van der Waals surface area contributed by atoms with Gasteiger partial charge in [-0.2, -0.15) is 0 Å². The van der Waals surface area contributed by atoms with Gasteiger partial charge in [-0.05, 0) is 158 Å². The number of rotatable bonds is 12. The minimum atomic E-state index is 0.734. The van der Waals surface area contributed by atoms with Crippen molar-refractivity contribution < 1.29 is 0 Å². The summed E-state index contributed by atoms with van der Waals surface area (Å²) >= 11 is 1.87. The maximum absolute atomic E-state index is 4.65. The fraction of sp³-hybridized carbons (Fsp3) is 0.118. The van der Waals surface area contributed by atoms with Crippen LogP contribution < -0.4 is 0 Å². The third-order valence-corrected chi connectivity index (χ3v) is 15.2. The molecule has 0 bridgehead atoms. The molecule has 2 heteroatoms. The molecule has 0 fully saturated rings. The largest absolute Gasteiger partial charge is 0.309 e. The van der Waals surface area contributed by atoms with Gasteiger partial charge >= 0.3 is 0 Å². The van der Waals surface area contributed by atoms with Crippen molar-refractivity contribution in [3.8, 4) is 39.1 Å². The van der Waals surface area contributed by atoms with Crippen molar-refractivity contribution in [3.63, 3.8) is 0 Å². The smallest absolute Gasteiger partial charge is 0.0547 e. The summed E-state index contributed by atoms with van der Waals surface area (Å²) in [6.07, 6.45) is 7.37. The molecule has 9 aromatic carbocycles. The average molecular weight is 920 g/mol. The summed E-state index contributed by atoms with van der Waals surface area (Å²) in [6.45, 7) is 15.7. The van der Waals surface area contributed by atoms with E-state index in [1.807, 2.05) is 11.3 Å². The van der Waals surface area contributed by atoms with E-state index in [0.29, 0.717) is 0 Å². The molecular formula is C68H57NS. The van der Waals surface area contributed by atoms with Crippen LogP contribution in [0.2, 0.25) is 0 Å². The zero-order chi connectivity index (χ0) is 47.9. The number of nitrogens with zero attached hydrogens (tertiary/aromatic N) is 1. The normalized spacial score (nSPS) is 12.2. The average Bonchev–Trinajstić information content (AvgIpc) is 3.91. The van der Waals surface area contributed by atoms with Gasteiger partial charge in [0.1, 0.15) is 0 Å². The van der Waals surface area contributed by atoms with Crippen molar-refractivity contribution in [2.24, 2.45) is 0 Å². The molecular weight excluding hydrogens is 863 g/mol. The van der Waals surface area contributed by atoms with Gasteiger partial charge < -0.3 is 4.57 Å². The maximum atomic E-state index is 4.65. The Morgan fingerprint density at radius 3 is 1.60 bits per heavy atom. The van der Waals surface area contributed by atoms with Crippen molar-refractivity contribution >= 4 is 70.0 Å². The quantitative estimate of drug-likeness (QED) is 0.115. The maximum Gasteiger partial charge on any atom is 0.0547 e. The highest BCUT2D eigenvalue weighted by Crippen LogP contribution is 2.43. The van der Waals surface area contributed by atoms with E-state index in [1.165, 1.54) is 131 Å². The van der Waals surface area contributed by atoms with Gasteiger partial charge in [-0.1, -0.05) is 193 Å². The van der Waals surface area contributed by atoms with E-state index >= 15 is 0 Å². The van der Waals surface area contributed by atoms with Crippen LogP contribution in [0.1, 0.15) is 65.1 Å². The summed E-state index contributed by atoms with van der Waals surface area (Å²) in [4.78, 5) is 0. The molecule has 0 aliphatic carbocycles. The molecule has 2 heterocycles. The Balaban J connectivity index is 1.17. The van der Waals surface area contributed by atoms with Crippen LogP contribution in [-0.4, -0.2) is 4.57 Å². The molecule has 340 valence electrons. The molecule has 0 amide bonds. The van der Waals surface area contributed by atoms with Gasteiger partial charge in [-0.3, -0.25) is 0 Å². The first kappa shape index (κ1) is 44.7. The lowest BCUT2D eigenvalue weighted by molar-refractivity contribution is 1.05. The molecule has 0 N–H and O–H groups in total. The summed E-state index contributed by atoms with van der Waals surface area (Å²) < 4.78 is 5.20. The van der Waals surface area contributed by atoms with Gasteiger partial charge in [0.15, 0.2) is 0 Å². The Kier molecular flexibility index (Phi) is 12.1. The molecule has 1 nitrogen and oxygen atoms in total. The van der Waals surface area contributed by atoms with Crippen LogP contribution in [0.4, 0.5) is 0 Å². The number of aryl methyl sites for hydroxylation is 4. The number of benzene rings is 9. The molecule has 0 aliphatic rings. The SMILES string of the molecule is C=C(C/C=C(\CC/C=C(/C)c1ccccc1)c1cc(-c2ccc3sc4ccccc4c3c2)ccc1-n1c2cc(-c3cc(C)cc(C)c3)ccc2c2ccc(-c3cc(C)cc(C)c3)cc21)c1ccccc1. The van der Waals surface area contributed by atoms with Gasteiger partial charge in [-0.15, -0.1) is 11.3 Å². The van der Waals surface area contributed by atoms with Gasteiger partial charge in [0.05, 0.1) is 16.7 Å². The first-order chi connectivity index (χ1) is 34.1. The minimum Gasteiger partial charge on any atom is -0.309 e. The molecule has 2 aromatic heterocycles. The van der Waals surface area contributed by atoms with E-state index in [0.717, 1.165) is 24.8 Å². The first-order valence-electron chi connectivity index (χ1n) is 24.6. The van der Waals surface area contributed by atoms with Crippen LogP contribution >= 0.6 is 11.3 Å². The number of aromatic nitrogens is 1. The third-order valence-electron chi connectivity index (χ3n) is 14.0. The molecule has 11 rings (SSSR count). The van der Waals surface area contributed by atoms with Gasteiger partial charge in [-0.25, -0.2) is 0 Å². The molecule has 11 aromatic rings. The third kappa shape index (κ3) is 8.88. The van der Waals surface area contributed by atoms with Crippen LogP contribution in [0, 0.1) is 27.7 Å². The Morgan fingerprint density at radius 2 is 0.971 bits per heavy atom. The zero-order valence-electron chi connectivity index (χ0n) is 40.8. The van der Waals surface area contributed by atoms with E-state index in [2.05, 4.69) is 252 Å². The Morgan fingerprint density at radius 1 is 0.457 bits per heavy atom. The Labute approximate surface area is 417 Å². The first-order valence-corrected chi connectivity index (χ1v) is 25.4. The number of thiophene rings is 1. The lowest BCUT2D eigenvalue weighted by Crippen LogP contribution is -2.01. The second-order valence-corrected chi connectivity index (χ2v) is 20.4. The molecule has 0 unspecified atom stereocenters. The lowest BCUT2D eigenvalue weighted by atomic mass is 9.91. The highest BCUT2D eigenvalue weighted by molar-refractivity contribution is 7.25. The van der Waals surface area contributed by atoms with Crippen LogP contribution in [0.25, 0.3) is 97.8 Å². The summed E-state index contributed by atoms with van der Waals surface area (Å²) in [6, 6.07) is 72.5. The van der Waals surface area contributed by atoms with Gasteiger partial charge in [0.25, 0.3) is 0 Å². The standard InChI is InChI=1S/C68H57NS/c1-44-34-45(2)37-57(36-44)55-26-30-59-60-31-27-56(58-38-46(3)35-47(4)39-58)43-66(60)69(65(59)42-55)64-32-28-53(54-29-33-68-63(41-54)61-22-13-14-23-67(61)70-68)40-62(64)52(25-24-49(6)51-19-11-8-12-20-51)21-15-16-48(5)50-17-9-7-10-18-50/h7-14,16-20,22-23,25-43H,6,15,21,24H2,1-5H3/b48-16-,52-25+. The highest BCUT2D eigenvalue weighted by Gasteiger charge is 2.20. The van der Waals surface area contributed by atoms with Crippen LogP contribution in [-0.2, 0) is 0 Å². The van der Waals surface area contributed by atoms with Gasteiger partial charge in [0.2, 0.25) is 0 Å². The van der Waals surface area contributed by atoms with Crippen LogP contribution in [0.3, 0.4) is 0 Å². The molecule has 0 saturated heterocycles. The minimum absolute atomic E-state index is 0.734. The summed E-state index contributed by atoms with van der Waals surface area (Å²) in [5, 5.41) is 5.10. The Bertz CT molecular complexity index is 3710. The summed E-state index contributed by atoms with van der Waals surface area (Å²) in [7, 11) is 0. The number of fused-ring (bicyclic) bond motifs is 6. The van der Waals surface area contributed by atoms with E-state index in [1.54, 1.807) is 0 Å². The van der Waals surface area contributed by atoms with Crippen molar-refractivity contribution in [1.82, 2.24) is 4.57 Å². The molecule has 70 heavy (non-hydrogen) atoms. The monoisotopic (exact) mass is 919 g/mol.